The first-order valence-corrected chi connectivity index (χ1v) is 30.3. The number of rotatable bonds is 53. The number of phosphoric ester groups is 1. The monoisotopic (exact) mass is 1030 g/mol. The first-order valence-electron chi connectivity index (χ1n) is 28.8. The summed E-state index contributed by atoms with van der Waals surface area (Å²) in [6, 6.07) is 0. The molecule has 72 heavy (non-hydrogen) atoms. The van der Waals surface area contributed by atoms with Gasteiger partial charge in [-0.25, -0.2) is 4.57 Å². The van der Waals surface area contributed by atoms with Gasteiger partial charge in [0.15, 0.2) is 6.10 Å². The van der Waals surface area contributed by atoms with E-state index in [1.54, 1.807) is 6.08 Å². The van der Waals surface area contributed by atoms with Gasteiger partial charge in [-0.3, -0.25) is 23.4 Å². The molecule has 0 bridgehead atoms. The van der Waals surface area contributed by atoms with Crippen LogP contribution >= 0.6 is 7.82 Å². The molecular formula is C60H105O11P. The molecule has 0 heterocycles. The zero-order chi connectivity index (χ0) is 52.7. The topological polar surface area (TPSA) is 155 Å². The molecule has 3 unspecified atom stereocenters. The Labute approximate surface area is 439 Å². The molecular weight excluding hydrogens is 928 g/mol. The minimum atomic E-state index is -4.77. The average Bonchev–Trinajstić information content (AvgIpc) is 3.37. The van der Waals surface area contributed by atoms with E-state index in [4.69, 9.17) is 23.3 Å². The van der Waals surface area contributed by atoms with Crippen LogP contribution in [0.4, 0.5) is 0 Å². The standard InChI is InChI=1S/C60H105O11P/c1-4-7-10-13-16-19-22-25-27-28-30-33-36-39-42-45-48-51-60(64)71-57(53-67-58(62)49-46-43-40-37-34-31-24-21-18-15-12-9-6-3)55-69-72(65,66)68-54-56(52-61)70-59(63)50-47-44-41-38-35-32-29-26-23-20-17-14-11-8-5-2/h8,11,17,20-21,24,26,29,35,38,44,47,56-57,61H,4-7,9-10,12-16,18-19,22-23,25,27-28,30-34,36-37,39-43,45-46,48-55H2,1-3H3,(H,65,66)/b11-8-,20-17-,24-21-,29-26-,38-35-,47-44-. The van der Waals surface area contributed by atoms with Crippen LogP contribution in [0.2, 0.25) is 0 Å². The molecule has 0 saturated carbocycles. The third-order valence-electron chi connectivity index (χ3n) is 12.1. The number of aliphatic hydroxyl groups is 1. The molecule has 0 amide bonds. The summed E-state index contributed by atoms with van der Waals surface area (Å²) >= 11 is 0. The van der Waals surface area contributed by atoms with Gasteiger partial charge in [0.25, 0.3) is 0 Å². The van der Waals surface area contributed by atoms with Crippen molar-refractivity contribution in [1.82, 2.24) is 0 Å². The summed E-state index contributed by atoms with van der Waals surface area (Å²) in [5.41, 5.74) is 0. The molecule has 0 aliphatic heterocycles. The zero-order valence-electron chi connectivity index (χ0n) is 45.9. The van der Waals surface area contributed by atoms with E-state index < -0.39 is 57.8 Å². The Hall–Kier alpha value is -3.08. The van der Waals surface area contributed by atoms with Gasteiger partial charge in [0, 0.05) is 12.8 Å². The second kappa shape index (κ2) is 54.2. The summed E-state index contributed by atoms with van der Waals surface area (Å²) in [5.74, 6) is -1.60. The predicted molar refractivity (Wildman–Crippen MR) is 298 cm³/mol. The summed E-state index contributed by atoms with van der Waals surface area (Å²) in [7, 11) is -4.77. The van der Waals surface area contributed by atoms with Gasteiger partial charge in [-0.2, -0.15) is 0 Å². The lowest BCUT2D eigenvalue weighted by Gasteiger charge is -2.21. The van der Waals surface area contributed by atoms with E-state index in [0.29, 0.717) is 19.3 Å². The van der Waals surface area contributed by atoms with Gasteiger partial charge in [-0.1, -0.05) is 235 Å². The molecule has 0 fully saturated rings. The Balaban J connectivity index is 4.78. The highest BCUT2D eigenvalue weighted by Gasteiger charge is 2.28. The molecule has 11 nitrogen and oxygen atoms in total. The molecule has 0 aliphatic carbocycles. The third-order valence-corrected chi connectivity index (χ3v) is 13.1. The number of carbonyl (C=O) groups is 3. The zero-order valence-corrected chi connectivity index (χ0v) is 46.8. The second-order valence-electron chi connectivity index (χ2n) is 19.1. The Kier molecular flexibility index (Phi) is 51.9. The number of aliphatic hydroxyl groups excluding tert-OH is 1. The van der Waals surface area contributed by atoms with Gasteiger partial charge in [0.1, 0.15) is 12.7 Å². The highest BCUT2D eigenvalue weighted by atomic mass is 31.2. The lowest BCUT2D eigenvalue weighted by atomic mass is 10.0. The SMILES string of the molecule is CC/C=C\C/C=C\C/C=C\C/C=C\C/C=C\CC(=O)OC(CO)COP(=O)(O)OCC(COC(=O)CCCCCCC/C=C\CCCCCC)OC(=O)CCCCCCCCCCCCCCCCCCC. The molecule has 0 aromatic rings. The van der Waals surface area contributed by atoms with Gasteiger partial charge in [-0.05, 0) is 70.6 Å². The highest BCUT2D eigenvalue weighted by Crippen LogP contribution is 2.43. The van der Waals surface area contributed by atoms with Gasteiger partial charge in [0.05, 0.1) is 26.2 Å². The van der Waals surface area contributed by atoms with E-state index >= 15 is 0 Å². The van der Waals surface area contributed by atoms with E-state index in [1.165, 1.54) is 109 Å². The fraction of sp³-hybridized carbons (Fsp3) is 0.750. The van der Waals surface area contributed by atoms with Crippen molar-refractivity contribution in [2.45, 2.75) is 264 Å². The number of hydrogen-bond donors (Lipinski definition) is 2. The van der Waals surface area contributed by atoms with E-state index in [2.05, 4.69) is 69.4 Å². The number of allylic oxidation sites excluding steroid dienone is 11. The molecule has 0 aromatic carbocycles. The van der Waals surface area contributed by atoms with Crippen LogP contribution in [0.15, 0.2) is 72.9 Å². The van der Waals surface area contributed by atoms with Crippen molar-refractivity contribution in [2.24, 2.45) is 0 Å². The largest absolute Gasteiger partial charge is 0.472 e. The Morgan fingerprint density at radius 2 is 0.778 bits per heavy atom. The number of phosphoric acid groups is 1. The molecule has 0 radical (unpaired) electrons. The van der Waals surface area contributed by atoms with Crippen molar-refractivity contribution >= 4 is 25.7 Å². The Morgan fingerprint density at radius 3 is 1.22 bits per heavy atom. The molecule has 0 spiro atoms. The normalized spacial score (nSPS) is 13.9. The highest BCUT2D eigenvalue weighted by molar-refractivity contribution is 7.47. The van der Waals surface area contributed by atoms with Crippen molar-refractivity contribution in [3.05, 3.63) is 72.9 Å². The predicted octanol–water partition coefficient (Wildman–Crippen LogP) is 16.9. The van der Waals surface area contributed by atoms with Crippen molar-refractivity contribution in [2.75, 3.05) is 26.4 Å². The lowest BCUT2D eigenvalue weighted by molar-refractivity contribution is -0.161. The van der Waals surface area contributed by atoms with Crippen LogP contribution in [0.3, 0.4) is 0 Å². The van der Waals surface area contributed by atoms with E-state index in [-0.39, 0.29) is 25.9 Å². The molecule has 12 heteroatoms. The van der Waals surface area contributed by atoms with Gasteiger partial charge in [0.2, 0.25) is 0 Å². The molecule has 0 saturated heterocycles. The van der Waals surface area contributed by atoms with Crippen molar-refractivity contribution in [3.8, 4) is 0 Å². The first kappa shape index (κ1) is 68.9. The molecule has 0 aliphatic rings. The number of esters is 3. The number of unbranched alkanes of at least 4 members (excludes halogenated alkanes) is 25. The maximum Gasteiger partial charge on any atom is 0.472 e. The molecule has 0 rings (SSSR count). The lowest BCUT2D eigenvalue weighted by Crippen LogP contribution is -2.30. The summed E-state index contributed by atoms with van der Waals surface area (Å²) in [4.78, 5) is 48.4. The summed E-state index contributed by atoms with van der Waals surface area (Å²) in [6.45, 7) is 4.42. The van der Waals surface area contributed by atoms with E-state index in [0.717, 1.165) is 83.5 Å². The van der Waals surface area contributed by atoms with Crippen LogP contribution in [0, 0.1) is 0 Å². The van der Waals surface area contributed by atoms with Crippen LogP contribution < -0.4 is 0 Å². The molecule has 0 aromatic heterocycles. The van der Waals surface area contributed by atoms with Crippen LogP contribution in [0.25, 0.3) is 0 Å². The van der Waals surface area contributed by atoms with Crippen molar-refractivity contribution in [1.29, 1.82) is 0 Å². The van der Waals surface area contributed by atoms with E-state index in [9.17, 15) is 28.9 Å². The number of hydrogen-bond acceptors (Lipinski definition) is 10. The minimum Gasteiger partial charge on any atom is -0.462 e. The molecule has 3 atom stereocenters. The summed E-state index contributed by atoms with van der Waals surface area (Å²) in [5, 5.41) is 9.79. The maximum absolute atomic E-state index is 12.9. The van der Waals surface area contributed by atoms with Crippen LogP contribution in [0.1, 0.15) is 252 Å². The van der Waals surface area contributed by atoms with Crippen LogP contribution in [0.5, 0.6) is 0 Å². The average molecular weight is 1030 g/mol. The number of carbonyl (C=O) groups excluding carboxylic acids is 3. The number of ether oxygens (including phenoxy) is 3. The Bertz CT molecular complexity index is 1490. The minimum absolute atomic E-state index is 0.0558. The molecule has 2 N–H and O–H groups in total. The Morgan fingerprint density at radius 1 is 0.417 bits per heavy atom. The smallest absolute Gasteiger partial charge is 0.462 e. The van der Waals surface area contributed by atoms with Crippen LogP contribution in [-0.2, 0) is 42.2 Å². The quantitative estimate of drug-likeness (QED) is 0.0197. The van der Waals surface area contributed by atoms with Gasteiger partial charge in [-0.15, -0.1) is 0 Å². The van der Waals surface area contributed by atoms with Gasteiger partial charge >= 0.3 is 25.7 Å². The van der Waals surface area contributed by atoms with Crippen molar-refractivity contribution in [3.63, 3.8) is 0 Å². The third kappa shape index (κ3) is 51.8. The summed E-state index contributed by atoms with van der Waals surface area (Å²) < 4.78 is 39.4. The van der Waals surface area contributed by atoms with Crippen molar-refractivity contribution < 1.29 is 52.2 Å². The second-order valence-corrected chi connectivity index (χ2v) is 20.5. The van der Waals surface area contributed by atoms with Gasteiger partial charge < -0.3 is 24.2 Å². The first-order chi connectivity index (χ1) is 35.2. The summed E-state index contributed by atoms with van der Waals surface area (Å²) in [6.07, 6.45) is 60.3. The maximum atomic E-state index is 12.9. The fourth-order valence-corrected chi connectivity index (χ4v) is 8.56. The molecule has 416 valence electrons. The van der Waals surface area contributed by atoms with Crippen LogP contribution in [-0.4, -0.2) is 66.5 Å². The fourth-order valence-electron chi connectivity index (χ4n) is 7.78. The van der Waals surface area contributed by atoms with E-state index in [1.807, 2.05) is 18.2 Å².